The van der Waals surface area contributed by atoms with E-state index in [0.29, 0.717) is 37.7 Å². The Morgan fingerprint density at radius 2 is 2.14 bits per heavy atom. The van der Waals surface area contributed by atoms with E-state index >= 15 is 0 Å². The molecule has 1 unspecified atom stereocenters. The summed E-state index contributed by atoms with van der Waals surface area (Å²) < 4.78 is 5.53. The van der Waals surface area contributed by atoms with E-state index < -0.39 is 11.9 Å². The number of nitrogens with zero attached hydrogens (tertiary/aromatic N) is 3. The Morgan fingerprint density at radius 1 is 1.38 bits per heavy atom. The van der Waals surface area contributed by atoms with E-state index in [4.69, 9.17) is 4.42 Å². The van der Waals surface area contributed by atoms with Crippen molar-refractivity contribution in [2.45, 2.75) is 26.3 Å². The number of para-hydroxylation sites is 1. The van der Waals surface area contributed by atoms with Crippen LogP contribution in [0, 0.1) is 5.92 Å². The minimum Gasteiger partial charge on any atom is -0.481 e. The topological polar surface area (TPSA) is 79.5 Å². The molecule has 1 aliphatic rings. The number of carboxylic acids is 1. The average Bonchev–Trinajstić information content (AvgIpc) is 2.94. The monoisotopic (exact) mass is 287 g/mol. The number of benzene rings is 1. The molecule has 0 bridgehead atoms. The van der Waals surface area contributed by atoms with Crippen LogP contribution < -0.4 is 4.90 Å². The molecule has 0 radical (unpaired) electrons. The molecule has 6 heteroatoms. The Kier molecular flexibility index (Phi) is 3.60. The van der Waals surface area contributed by atoms with Crippen LogP contribution in [-0.2, 0) is 24.2 Å². The van der Waals surface area contributed by atoms with E-state index in [9.17, 15) is 9.90 Å². The third-order valence-electron chi connectivity index (χ3n) is 3.73. The lowest BCUT2D eigenvalue weighted by molar-refractivity contribution is -0.141. The van der Waals surface area contributed by atoms with Gasteiger partial charge in [0, 0.05) is 18.7 Å². The van der Waals surface area contributed by atoms with Crippen molar-refractivity contribution in [2.75, 3.05) is 11.4 Å². The zero-order valence-electron chi connectivity index (χ0n) is 11.8. The summed E-state index contributed by atoms with van der Waals surface area (Å²) in [6.45, 7) is 2.85. The van der Waals surface area contributed by atoms with Crippen molar-refractivity contribution in [1.82, 2.24) is 10.2 Å². The first-order valence-corrected chi connectivity index (χ1v) is 7.04. The first-order valence-electron chi connectivity index (χ1n) is 7.04. The number of anilines is 1. The van der Waals surface area contributed by atoms with E-state index in [1.54, 1.807) is 0 Å². The maximum Gasteiger partial charge on any atom is 0.308 e. The lowest BCUT2D eigenvalue weighted by Gasteiger charge is -2.33. The van der Waals surface area contributed by atoms with E-state index in [2.05, 4.69) is 10.2 Å². The Labute approximate surface area is 122 Å². The maximum absolute atomic E-state index is 11.3. The first-order chi connectivity index (χ1) is 10.2. The molecular weight excluding hydrogens is 270 g/mol. The smallest absolute Gasteiger partial charge is 0.308 e. The van der Waals surface area contributed by atoms with Gasteiger partial charge in [-0.05, 0) is 18.1 Å². The minimum atomic E-state index is -0.769. The number of carbonyl (C=O) groups is 1. The Morgan fingerprint density at radius 3 is 2.86 bits per heavy atom. The summed E-state index contributed by atoms with van der Waals surface area (Å²) in [6, 6.07) is 7.87. The summed E-state index contributed by atoms with van der Waals surface area (Å²) in [6.07, 6.45) is 1.26. The summed E-state index contributed by atoms with van der Waals surface area (Å²) in [5, 5.41) is 17.3. The van der Waals surface area contributed by atoms with Gasteiger partial charge in [0.2, 0.25) is 11.8 Å². The molecule has 0 aliphatic carbocycles. The summed E-state index contributed by atoms with van der Waals surface area (Å²) >= 11 is 0. The Bertz CT molecular complexity index is 653. The molecule has 1 aliphatic heterocycles. The molecule has 2 heterocycles. The van der Waals surface area contributed by atoms with Crippen molar-refractivity contribution >= 4 is 11.7 Å². The number of fused-ring (bicyclic) bond motifs is 1. The molecule has 110 valence electrons. The van der Waals surface area contributed by atoms with Crippen LogP contribution in [0.5, 0.6) is 0 Å². The third-order valence-corrected chi connectivity index (χ3v) is 3.73. The number of aromatic nitrogens is 2. The second-order valence-corrected chi connectivity index (χ2v) is 5.19. The fourth-order valence-corrected chi connectivity index (χ4v) is 2.66. The molecule has 1 atom stereocenters. The number of carboxylic acid groups (broad SMARTS) is 1. The highest BCUT2D eigenvalue weighted by Gasteiger charge is 2.29. The van der Waals surface area contributed by atoms with Gasteiger partial charge in [0.1, 0.15) is 0 Å². The number of aryl methyl sites for hydroxylation is 1. The fraction of sp³-hybridized carbons (Fsp3) is 0.400. The summed E-state index contributed by atoms with van der Waals surface area (Å²) in [5.74, 6) is -0.0551. The maximum atomic E-state index is 11.3. The van der Waals surface area contributed by atoms with Gasteiger partial charge in [-0.25, -0.2) is 0 Å². The predicted octanol–water partition coefficient (Wildman–Crippen LogP) is 1.90. The van der Waals surface area contributed by atoms with Gasteiger partial charge in [0.25, 0.3) is 0 Å². The van der Waals surface area contributed by atoms with Gasteiger partial charge >= 0.3 is 5.97 Å². The molecular formula is C15H17N3O3. The van der Waals surface area contributed by atoms with Crippen LogP contribution >= 0.6 is 0 Å². The first kappa shape index (κ1) is 13.6. The van der Waals surface area contributed by atoms with Crippen LogP contribution in [0.1, 0.15) is 24.3 Å². The second-order valence-electron chi connectivity index (χ2n) is 5.19. The molecule has 0 saturated carbocycles. The van der Waals surface area contributed by atoms with Crippen molar-refractivity contribution in [1.29, 1.82) is 0 Å². The third kappa shape index (κ3) is 2.74. The zero-order valence-corrected chi connectivity index (χ0v) is 11.8. The van der Waals surface area contributed by atoms with Crippen molar-refractivity contribution in [3.63, 3.8) is 0 Å². The van der Waals surface area contributed by atoms with Crippen molar-refractivity contribution in [3.8, 4) is 0 Å². The van der Waals surface area contributed by atoms with E-state index in [-0.39, 0.29) is 0 Å². The van der Waals surface area contributed by atoms with E-state index in [1.807, 2.05) is 36.1 Å². The SMILES string of the molecule is CCc1nnc(CN2CC(C(=O)O)Cc3ccccc32)o1. The molecule has 1 aromatic heterocycles. The zero-order chi connectivity index (χ0) is 14.8. The van der Waals surface area contributed by atoms with Crippen LogP contribution in [0.4, 0.5) is 5.69 Å². The van der Waals surface area contributed by atoms with E-state index in [1.165, 1.54) is 0 Å². The Hall–Kier alpha value is -2.37. The molecule has 0 spiro atoms. The quantitative estimate of drug-likeness (QED) is 0.925. The fourth-order valence-electron chi connectivity index (χ4n) is 2.66. The average molecular weight is 287 g/mol. The standard InChI is InChI=1S/C15H17N3O3/c1-2-13-16-17-14(21-13)9-18-8-11(15(19)20)7-10-5-3-4-6-12(10)18/h3-6,11H,2,7-9H2,1H3,(H,19,20). The van der Waals surface area contributed by atoms with Gasteiger partial charge < -0.3 is 14.4 Å². The van der Waals surface area contributed by atoms with Gasteiger partial charge in [0.15, 0.2) is 0 Å². The molecule has 1 N–H and O–H groups in total. The van der Waals surface area contributed by atoms with Crippen LogP contribution in [0.3, 0.4) is 0 Å². The van der Waals surface area contributed by atoms with Gasteiger partial charge in [-0.3, -0.25) is 4.79 Å². The highest BCUT2D eigenvalue weighted by Crippen LogP contribution is 2.30. The molecule has 0 saturated heterocycles. The van der Waals surface area contributed by atoms with Crippen molar-refractivity contribution in [3.05, 3.63) is 41.6 Å². The molecule has 6 nitrogen and oxygen atoms in total. The lowest BCUT2D eigenvalue weighted by atomic mass is 9.92. The molecule has 1 aromatic carbocycles. The number of hydrogen-bond donors (Lipinski definition) is 1. The largest absolute Gasteiger partial charge is 0.481 e. The van der Waals surface area contributed by atoms with Crippen LogP contribution in [0.25, 0.3) is 0 Å². The van der Waals surface area contributed by atoms with Gasteiger partial charge in [-0.15, -0.1) is 10.2 Å². The highest BCUT2D eigenvalue weighted by atomic mass is 16.4. The van der Waals surface area contributed by atoms with Crippen molar-refractivity contribution < 1.29 is 14.3 Å². The number of hydrogen-bond acceptors (Lipinski definition) is 5. The Balaban J connectivity index is 1.87. The van der Waals surface area contributed by atoms with Crippen LogP contribution in [-0.4, -0.2) is 27.8 Å². The van der Waals surface area contributed by atoms with Gasteiger partial charge in [-0.2, -0.15) is 0 Å². The summed E-state index contributed by atoms with van der Waals surface area (Å²) in [7, 11) is 0. The minimum absolute atomic E-state index is 0.409. The molecule has 0 amide bonds. The normalized spacial score (nSPS) is 17.6. The van der Waals surface area contributed by atoms with Gasteiger partial charge in [0.05, 0.1) is 12.5 Å². The lowest BCUT2D eigenvalue weighted by Crippen LogP contribution is -2.38. The van der Waals surface area contributed by atoms with Gasteiger partial charge in [-0.1, -0.05) is 25.1 Å². The number of rotatable bonds is 4. The van der Waals surface area contributed by atoms with Crippen molar-refractivity contribution in [2.24, 2.45) is 5.92 Å². The highest BCUT2D eigenvalue weighted by molar-refractivity contribution is 5.73. The van der Waals surface area contributed by atoms with E-state index in [0.717, 1.165) is 11.3 Å². The molecule has 21 heavy (non-hydrogen) atoms. The predicted molar refractivity (Wildman–Crippen MR) is 76.0 cm³/mol. The molecule has 0 fully saturated rings. The number of aliphatic carboxylic acids is 1. The summed E-state index contributed by atoms with van der Waals surface area (Å²) in [4.78, 5) is 13.3. The summed E-state index contributed by atoms with van der Waals surface area (Å²) in [5.41, 5.74) is 2.10. The second kappa shape index (κ2) is 5.55. The van der Waals surface area contributed by atoms with Crippen LogP contribution in [0.2, 0.25) is 0 Å². The molecule has 2 aromatic rings. The molecule has 3 rings (SSSR count). The van der Waals surface area contributed by atoms with Crippen LogP contribution in [0.15, 0.2) is 28.7 Å².